The van der Waals surface area contributed by atoms with E-state index in [1.54, 1.807) is 0 Å². The van der Waals surface area contributed by atoms with Crippen LogP contribution in [-0.2, 0) is 48.2 Å². The van der Waals surface area contributed by atoms with Gasteiger partial charge in [-0.05, 0) is 18.8 Å². The number of rotatable bonds is 9. The largest absolute Gasteiger partial charge is 0.747 e. The van der Waals surface area contributed by atoms with Crippen LogP contribution in [0.2, 0.25) is 0 Å². The van der Waals surface area contributed by atoms with Crippen LogP contribution < -0.4 is 0 Å². The summed E-state index contributed by atoms with van der Waals surface area (Å²) in [4.78, 5) is 24.3. The molecule has 3 aliphatic rings. The van der Waals surface area contributed by atoms with Gasteiger partial charge in [0.15, 0.2) is 11.4 Å². The molecule has 3 saturated heterocycles. The molecule has 0 amide bonds. The van der Waals surface area contributed by atoms with E-state index in [0.29, 0.717) is 0 Å². The fourth-order valence-electron chi connectivity index (χ4n) is 3.90. The molecule has 166 valence electrons. The van der Waals surface area contributed by atoms with Crippen LogP contribution in [-0.4, -0.2) is 74.8 Å². The molecule has 3 heterocycles. The maximum absolute atomic E-state index is 12.4. The van der Waals surface area contributed by atoms with Gasteiger partial charge in [-0.25, -0.2) is 8.42 Å². The Hall–Kier alpha value is -1.28. The van der Waals surface area contributed by atoms with E-state index in [0.717, 1.165) is 12.8 Å². The minimum Gasteiger partial charge on any atom is -0.747 e. The van der Waals surface area contributed by atoms with Gasteiger partial charge in [-0.3, -0.25) is 13.8 Å². The summed E-state index contributed by atoms with van der Waals surface area (Å²) in [5, 5.41) is -3.16. The Morgan fingerprint density at radius 1 is 1.28 bits per heavy atom. The van der Waals surface area contributed by atoms with Gasteiger partial charge in [0.2, 0.25) is 0 Å². The van der Waals surface area contributed by atoms with Gasteiger partial charge in [0.25, 0.3) is 10.1 Å². The molecular weight excluding hydrogens is 432 g/mol. The van der Waals surface area contributed by atoms with Crippen LogP contribution in [0.15, 0.2) is 0 Å². The lowest BCUT2D eigenvalue weighted by Gasteiger charge is -2.25. The van der Waals surface area contributed by atoms with Crippen molar-refractivity contribution in [3.63, 3.8) is 0 Å². The average Bonchev–Trinajstić information content (AvgIpc) is 3.21. The van der Waals surface area contributed by atoms with Crippen molar-refractivity contribution in [3.05, 3.63) is 0 Å². The maximum atomic E-state index is 12.4. The van der Waals surface area contributed by atoms with E-state index in [1.807, 2.05) is 13.8 Å². The van der Waals surface area contributed by atoms with E-state index in [4.69, 9.17) is 18.4 Å². The summed E-state index contributed by atoms with van der Waals surface area (Å²) in [6, 6.07) is 0. The van der Waals surface area contributed by atoms with Crippen molar-refractivity contribution in [2.75, 3.05) is 6.61 Å². The van der Waals surface area contributed by atoms with E-state index in [9.17, 15) is 31.0 Å². The number of esters is 2. The first kappa shape index (κ1) is 22.4. The molecule has 13 heteroatoms. The Bertz CT molecular complexity index is 865. The SMILES string of the molecule is CCCC(C)COC(=O)CC(C(=O)OC1C2CC3C(O2)C1OS3(=O)=O)S(=O)(=O)[O-]. The molecule has 3 aliphatic heterocycles. The van der Waals surface area contributed by atoms with Gasteiger partial charge in [0.1, 0.15) is 27.6 Å². The van der Waals surface area contributed by atoms with Gasteiger partial charge in [0, 0.05) is 0 Å². The van der Waals surface area contributed by atoms with Crippen molar-refractivity contribution >= 4 is 32.2 Å². The van der Waals surface area contributed by atoms with Crippen molar-refractivity contribution < 1.29 is 49.4 Å². The highest BCUT2D eigenvalue weighted by atomic mass is 32.2. The lowest BCUT2D eigenvalue weighted by atomic mass is 9.94. The van der Waals surface area contributed by atoms with Crippen molar-refractivity contribution in [2.45, 2.75) is 74.4 Å². The first-order valence-electron chi connectivity index (χ1n) is 9.32. The minimum absolute atomic E-state index is 0.0305. The van der Waals surface area contributed by atoms with E-state index in [2.05, 4.69) is 0 Å². The fourth-order valence-corrected chi connectivity index (χ4v) is 6.18. The fraction of sp³-hybridized carbons (Fsp3) is 0.875. The summed E-state index contributed by atoms with van der Waals surface area (Å²) in [5.41, 5.74) is 0. The first-order chi connectivity index (χ1) is 13.4. The minimum atomic E-state index is -5.22. The molecular formula is C16H23O11S2-. The molecule has 7 unspecified atom stereocenters. The number of ether oxygens (including phenoxy) is 3. The van der Waals surface area contributed by atoms with Gasteiger partial charge in [-0.15, -0.1) is 0 Å². The molecule has 2 bridgehead atoms. The standard InChI is InChI=1S/C16H24O11S2/c1-3-4-8(2)7-24-12(17)6-11(28(19,20)21)16(18)26-13-9-5-10-14(25-9)15(13)27-29(10,22)23/h8-11,13-15H,3-7H2,1-2H3,(H,19,20,21)/p-1. The lowest BCUT2D eigenvalue weighted by molar-refractivity contribution is -0.157. The Morgan fingerprint density at radius 3 is 2.59 bits per heavy atom. The third kappa shape index (κ3) is 4.58. The molecule has 7 atom stereocenters. The lowest BCUT2D eigenvalue weighted by Crippen LogP contribution is -2.45. The second-order valence-electron chi connectivity index (χ2n) is 7.63. The van der Waals surface area contributed by atoms with Crippen LogP contribution in [0.3, 0.4) is 0 Å². The van der Waals surface area contributed by atoms with E-state index in [-0.39, 0.29) is 18.9 Å². The molecule has 0 N–H and O–H groups in total. The van der Waals surface area contributed by atoms with Crippen LogP contribution in [0.1, 0.15) is 39.5 Å². The van der Waals surface area contributed by atoms with Gasteiger partial charge in [-0.1, -0.05) is 20.3 Å². The number of carbonyl (C=O) groups is 2. The van der Waals surface area contributed by atoms with E-state index >= 15 is 0 Å². The maximum Gasteiger partial charge on any atom is 0.324 e. The van der Waals surface area contributed by atoms with Crippen molar-refractivity contribution in [1.82, 2.24) is 0 Å². The zero-order valence-electron chi connectivity index (χ0n) is 15.9. The van der Waals surface area contributed by atoms with Crippen LogP contribution in [0.4, 0.5) is 0 Å². The zero-order chi connectivity index (χ0) is 21.6. The summed E-state index contributed by atoms with van der Waals surface area (Å²) in [6.07, 6.45) is -3.16. The Morgan fingerprint density at radius 2 is 1.97 bits per heavy atom. The molecule has 3 rings (SSSR count). The molecule has 0 aromatic heterocycles. The predicted molar refractivity (Wildman–Crippen MR) is 93.9 cm³/mol. The normalized spacial score (nSPS) is 34.0. The highest BCUT2D eigenvalue weighted by Gasteiger charge is 2.67. The average molecular weight is 455 g/mol. The van der Waals surface area contributed by atoms with E-state index < -0.39 is 73.5 Å². The molecule has 0 aliphatic carbocycles. The van der Waals surface area contributed by atoms with Gasteiger partial charge in [-0.2, -0.15) is 8.42 Å². The van der Waals surface area contributed by atoms with Gasteiger partial charge < -0.3 is 18.8 Å². The zero-order valence-corrected chi connectivity index (χ0v) is 17.5. The third-order valence-electron chi connectivity index (χ3n) is 5.32. The Kier molecular flexibility index (Phi) is 6.26. The van der Waals surface area contributed by atoms with Crippen molar-refractivity contribution in [3.8, 4) is 0 Å². The molecule has 0 radical (unpaired) electrons. The second-order valence-corrected chi connectivity index (χ2v) is 11.0. The van der Waals surface area contributed by atoms with Gasteiger partial charge >= 0.3 is 11.9 Å². The predicted octanol–water partition coefficient (Wildman–Crippen LogP) is -0.550. The highest BCUT2D eigenvalue weighted by molar-refractivity contribution is 7.87. The van der Waals surface area contributed by atoms with Crippen LogP contribution in [0.5, 0.6) is 0 Å². The van der Waals surface area contributed by atoms with Gasteiger partial charge in [0.05, 0.1) is 19.1 Å². The third-order valence-corrected chi connectivity index (χ3v) is 8.07. The summed E-state index contributed by atoms with van der Waals surface area (Å²) in [5.74, 6) is -2.43. The van der Waals surface area contributed by atoms with Crippen molar-refractivity contribution in [2.24, 2.45) is 5.92 Å². The Labute approximate surface area is 168 Å². The first-order valence-corrected chi connectivity index (χ1v) is 12.3. The molecule has 0 aromatic rings. The van der Waals surface area contributed by atoms with E-state index in [1.165, 1.54) is 0 Å². The van der Waals surface area contributed by atoms with Crippen LogP contribution >= 0.6 is 0 Å². The number of carbonyl (C=O) groups excluding carboxylic acids is 2. The molecule has 0 saturated carbocycles. The topological polar surface area (TPSA) is 162 Å². The summed E-state index contributed by atoms with van der Waals surface area (Å²) >= 11 is 0. The molecule has 0 aromatic carbocycles. The molecule has 3 fully saturated rings. The quantitative estimate of drug-likeness (QED) is 0.249. The van der Waals surface area contributed by atoms with Crippen LogP contribution in [0, 0.1) is 5.92 Å². The van der Waals surface area contributed by atoms with Crippen molar-refractivity contribution in [1.29, 1.82) is 0 Å². The highest BCUT2D eigenvalue weighted by Crippen LogP contribution is 2.47. The molecule has 11 nitrogen and oxygen atoms in total. The summed E-state index contributed by atoms with van der Waals surface area (Å²) in [6.45, 7) is 3.82. The summed E-state index contributed by atoms with van der Waals surface area (Å²) < 4.78 is 78.7. The molecule has 29 heavy (non-hydrogen) atoms. The smallest absolute Gasteiger partial charge is 0.324 e. The summed E-state index contributed by atoms with van der Waals surface area (Å²) in [7, 11) is -9.08. The number of hydrogen-bond donors (Lipinski definition) is 0. The van der Waals surface area contributed by atoms with Crippen LogP contribution in [0.25, 0.3) is 0 Å². The number of hydrogen-bond acceptors (Lipinski definition) is 11. The number of fused-ring (bicyclic) bond motifs is 1. The monoisotopic (exact) mass is 455 g/mol. The Balaban J connectivity index is 1.63. The second kappa shape index (κ2) is 8.10. The molecule has 0 spiro atoms.